The van der Waals surface area contributed by atoms with E-state index in [-0.39, 0.29) is 5.75 Å². The average molecular weight is 404 g/mol. The molecule has 0 aromatic heterocycles. The van der Waals surface area contributed by atoms with Crippen LogP contribution in [0.2, 0.25) is 0 Å². The fraction of sp³-hybridized carbons (Fsp3) is 0.381. The number of guanidine groups is 1. The number of rotatable bonds is 5. The van der Waals surface area contributed by atoms with E-state index in [1.807, 2.05) is 17.9 Å². The molecule has 1 fully saturated rings. The van der Waals surface area contributed by atoms with Crippen molar-refractivity contribution in [1.82, 2.24) is 10.2 Å². The van der Waals surface area contributed by atoms with Gasteiger partial charge in [-0.2, -0.15) is 0 Å². The molecule has 6 nitrogen and oxygen atoms in total. The average Bonchev–Trinajstić information content (AvgIpc) is 2.73. The molecule has 3 rings (SSSR count). The van der Waals surface area contributed by atoms with Crippen molar-refractivity contribution in [3.63, 3.8) is 0 Å². The maximum Gasteiger partial charge on any atom is 0.194 e. The van der Waals surface area contributed by atoms with Gasteiger partial charge in [-0.15, -0.1) is 0 Å². The lowest BCUT2D eigenvalue weighted by Crippen LogP contribution is -2.52. The number of nitrogens with one attached hydrogen (secondary N) is 1. The molecule has 0 atom stereocenters. The Labute approximate surface area is 169 Å². The summed E-state index contributed by atoms with van der Waals surface area (Å²) < 4.78 is 32.6. The van der Waals surface area contributed by atoms with E-state index in [0.29, 0.717) is 50.7 Å². The van der Waals surface area contributed by atoms with Gasteiger partial charge in [0.2, 0.25) is 0 Å². The van der Waals surface area contributed by atoms with Crippen molar-refractivity contribution < 1.29 is 18.6 Å². The zero-order chi connectivity index (χ0) is 20.8. The number of halogens is 2. The Kier molecular flexibility index (Phi) is 6.74. The monoisotopic (exact) mass is 404 g/mol. The summed E-state index contributed by atoms with van der Waals surface area (Å²) in [5.74, 6) is 0.393. The summed E-state index contributed by atoms with van der Waals surface area (Å²) in [6.07, 6.45) is 0. The number of methoxy groups -OCH3 is 1. The second-order valence-corrected chi connectivity index (χ2v) is 6.75. The molecule has 0 unspecified atom stereocenters. The van der Waals surface area contributed by atoms with E-state index in [1.54, 1.807) is 12.1 Å². The van der Waals surface area contributed by atoms with E-state index in [2.05, 4.69) is 15.2 Å². The fourth-order valence-electron chi connectivity index (χ4n) is 3.31. The van der Waals surface area contributed by atoms with Crippen molar-refractivity contribution in [2.75, 3.05) is 44.7 Å². The van der Waals surface area contributed by atoms with Crippen molar-refractivity contribution in [3.05, 3.63) is 53.6 Å². The van der Waals surface area contributed by atoms with Crippen LogP contribution in [0.5, 0.6) is 11.5 Å². The molecule has 0 radical (unpaired) electrons. The molecule has 1 aliphatic heterocycles. The molecule has 1 heterocycles. The van der Waals surface area contributed by atoms with Crippen LogP contribution in [-0.4, -0.2) is 55.8 Å². The summed E-state index contributed by atoms with van der Waals surface area (Å²) in [7, 11) is 1.51. The Morgan fingerprint density at radius 1 is 1.14 bits per heavy atom. The number of piperazine rings is 1. The highest BCUT2D eigenvalue weighted by Crippen LogP contribution is 2.26. The summed E-state index contributed by atoms with van der Waals surface area (Å²) in [5, 5.41) is 13.2. The lowest BCUT2D eigenvalue weighted by atomic mass is 10.2. The molecule has 0 bridgehead atoms. The maximum absolute atomic E-state index is 14.0. The quantitative estimate of drug-likeness (QED) is 0.593. The zero-order valence-electron chi connectivity index (χ0n) is 16.7. The Balaban J connectivity index is 1.66. The van der Waals surface area contributed by atoms with Crippen LogP contribution in [-0.2, 0) is 6.54 Å². The Bertz CT molecular complexity index is 868. The molecule has 156 valence electrons. The van der Waals surface area contributed by atoms with Crippen LogP contribution in [0.1, 0.15) is 12.5 Å². The standard InChI is InChI=1S/C21H26F2N4O2/c1-3-24-21(25-14-15-4-7-20(29-2)19(28)12-15)27-10-8-26(9-11-27)18-13-16(22)5-6-17(18)23/h4-7,12-13,28H,3,8-11,14H2,1-2H3,(H,24,25). The molecule has 0 spiro atoms. The molecule has 0 amide bonds. The highest BCUT2D eigenvalue weighted by molar-refractivity contribution is 5.80. The summed E-state index contributed by atoms with van der Waals surface area (Å²) in [4.78, 5) is 8.61. The summed E-state index contributed by atoms with van der Waals surface area (Å²) >= 11 is 0. The Morgan fingerprint density at radius 3 is 2.55 bits per heavy atom. The van der Waals surface area contributed by atoms with Gasteiger partial charge < -0.3 is 25.0 Å². The molecule has 2 aromatic carbocycles. The predicted molar refractivity (Wildman–Crippen MR) is 110 cm³/mol. The minimum atomic E-state index is -0.443. The molecular weight excluding hydrogens is 378 g/mol. The van der Waals surface area contributed by atoms with Crippen molar-refractivity contribution in [2.45, 2.75) is 13.5 Å². The Morgan fingerprint density at radius 2 is 1.90 bits per heavy atom. The number of hydrogen-bond donors (Lipinski definition) is 2. The third-order valence-electron chi connectivity index (χ3n) is 4.82. The van der Waals surface area contributed by atoms with Gasteiger partial charge in [0, 0.05) is 38.8 Å². The first-order valence-electron chi connectivity index (χ1n) is 9.61. The number of phenols is 1. The fourth-order valence-corrected chi connectivity index (χ4v) is 3.31. The molecule has 2 N–H and O–H groups in total. The second-order valence-electron chi connectivity index (χ2n) is 6.75. The van der Waals surface area contributed by atoms with Gasteiger partial charge in [0.15, 0.2) is 17.5 Å². The third-order valence-corrected chi connectivity index (χ3v) is 4.82. The van der Waals surface area contributed by atoms with E-state index in [0.717, 1.165) is 23.7 Å². The zero-order valence-corrected chi connectivity index (χ0v) is 16.7. The van der Waals surface area contributed by atoms with Gasteiger partial charge in [-0.05, 0) is 36.8 Å². The molecular formula is C21H26F2N4O2. The van der Waals surface area contributed by atoms with Gasteiger partial charge in [0.05, 0.1) is 19.3 Å². The van der Waals surface area contributed by atoms with E-state index in [4.69, 9.17) is 4.74 Å². The number of anilines is 1. The lowest BCUT2D eigenvalue weighted by molar-refractivity contribution is 0.370. The first kappa shape index (κ1) is 20.7. The lowest BCUT2D eigenvalue weighted by Gasteiger charge is -2.37. The number of benzene rings is 2. The minimum absolute atomic E-state index is 0.0796. The first-order chi connectivity index (χ1) is 14.0. The third kappa shape index (κ3) is 5.07. The Hall–Kier alpha value is -3.03. The topological polar surface area (TPSA) is 60.3 Å². The van der Waals surface area contributed by atoms with Gasteiger partial charge >= 0.3 is 0 Å². The molecule has 1 aliphatic rings. The van der Waals surface area contributed by atoms with E-state index in [1.165, 1.54) is 13.2 Å². The second kappa shape index (κ2) is 9.45. The van der Waals surface area contributed by atoms with Gasteiger partial charge in [0.25, 0.3) is 0 Å². The van der Waals surface area contributed by atoms with Crippen molar-refractivity contribution in [3.8, 4) is 11.5 Å². The molecule has 0 saturated carbocycles. The van der Waals surface area contributed by atoms with Gasteiger partial charge in [-0.3, -0.25) is 0 Å². The number of ether oxygens (including phenoxy) is 1. The van der Waals surface area contributed by atoms with Crippen molar-refractivity contribution >= 4 is 11.6 Å². The number of aromatic hydroxyl groups is 1. The van der Waals surface area contributed by atoms with Crippen LogP contribution in [0.3, 0.4) is 0 Å². The number of aliphatic imine (C=N–C) groups is 1. The predicted octanol–water partition coefficient (Wildman–Crippen LogP) is 2.97. The molecule has 8 heteroatoms. The van der Waals surface area contributed by atoms with Crippen LogP contribution < -0.4 is 15.0 Å². The van der Waals surface area contributed by atoms with Crippen molar-refractivity contribution in [2.24, 2.45) is 4.99 Å². The highest BCUT2D eigenvalue weighted by atomic mass is 19.1. The minimum Gasteiger partial charge on any atom is -0.504 e. The molecule has 1 saturated heterocycles. The van der Waals surface area contributed by atoms with Crippen LogP contribution in [0.4, 0.5) is 14.5 Å². The molecule has 29 heavy (non-hydrogen) atoms. The normalized spacial score (nSPS) is 14.8. The van der Waals surface area contributed by atoms with E-state index in [9.17, 15) is 13.9 Å². The molecule has 0 aliphatic carbocycles. The molecule has 2 aromatic rings. The number of phenolic OH excluding ortho intramolecular Hbond substituents is 1. The van der Waals surface area contributed by atoms with Crippen LogP contribution in [0, 0.1) is 11.6 Å². The van der Waals surface area contributed by atoms with Gasteiger partial charge in [-0.1, -0.05) is 6.07 Å². The summed E-state index contributed by atoms with van der Waals surface area (Å²) in [6, 6.07) is 8.72. The SMILES string of the molecule is CCNC(=NCc1ccc(OC)c(O)c1)N1CCN(c2cc(F)ccc2F)CC1. The number of nitrogens with zero attached hydrogens (tertiary/aromatic N) is 3. The van der Waals surface area contributed by atoms with E-state index >= 15 is 0 Å². The maximum atomic E-state index is 14.0. The first-order valence-corrected chi connectivity index (χ1v) is 9.61. The van der Waals surface area contributed by atoms with Gasteiger partial charge in [-0.25, -0.2) is 13.8 Å². The summed E-state index contributed by atoms with van der Waals surface area (Å²) in [5.41, 5.74) is 1.15. The largest absolute Gasteiger partial charge is 0.504 e. The van der Waals surface area contributed by atoms with Crippen LogP contribution in [0.15, 0.2) is 41.4 Å². The smallest absolute Gasteiger partial charge is 0.194 e. The van der Waals surface area contributed by atoms with Gasteiger partial charge in [0.1, 0.15) is 11.6 Å². The van der Waals surface area contributed by atoms with Crippen LogP contribution in [0.25, 0.3) is 0 Å². The van der Waals surface area contributed by atoms with Crippen molar-refractivity contribution in [1.29, 1.82) is 0 Å². The van der Waals surface area contributed by atoms with E-state index < -0.39 is 11.6 Å². The highest BCUT2D eigenvalue weighted by Gasteiger charge is 2.22. The van der Waals surface area contributed by atoms with Crippen LogP contribution >= 0.6 is 0 Å². The number of hydrogen-bond acceptors (Lipinski definition) is 4. The summed E-state index contributed by atoms with van der Waals surface area (Å²) in [6.45, 7) is 5.50.